The van der Waals surface area contributed by atoms with E-state index in [0.29, 0.717) is 16.6 Å². The Morgan fingerprint density at radius 1 is 1.24 bits per heavy atom. The molecule has 0 unspecified atom stereocenters. The molecule has 0 atom stereocenters. The van der Waals surface area contributed by atoms with Crippen molar-refractivity contribution in [3.8, 4) is 0 Å². The fourth-order valence-electron chi connectivity index (χ4n) is 1.87. The zero-order valence-electron chi connectivity index (χ0n) is 11.9. The van der Waals surface area contributed by atoms with E-state index in [2.05, 4.69) is 21.2 Å². The molecule has 2 aromatic rings. The smallest absolute Gasteiger partial charge is 0.253 e. The molecule has 0 bridgehead atoms. The predicted octanol–water partition coefficient (Wildman–Crippen LogP) is 3.90. The predicted molar refractivity (Wildman–Crippen MR) is 85.9 cm³/mol. The summed E-state index contributed by atoms with van der Waals surface area (Å²) in [6.07, 6.45) is 0. The Bertz CT molecular complexity index is 658. The molecule has 0 fully saturated rings. The normalized spacial score (nSPS) is 10.3. The fraction of sp³-hybridized carbons (Fsp3) is 0.188. The maximum absolute atomic E-state index is 13.2. The fourth-order valence-corrected chi connectivity index (χ4v) is 2.30. The van der Waals surface area contributed by atoms with Crippen LogP contribution in [0.3, 0.4) is 0 Å². The molecule has 0 heterocycles. The Hall–Kier alpha value is -1.88. The molecular formula is C16H16BrFN2O. The van der Waals surface area contributed by atoms with Crippen LogP contribution < -0.4 is 5.32 Å². The third kappa shape index (κ3) is 4.04. The number of amides is 1. The summed E-state index contributed by atoms with van der Waals surface area (Å²) in [6.45, 7) is 0.554. The van der Waals surface area contributed by atoms with E-state index in [4.69, 9.17) is 0 Å². The Morgan fingerprint density at radius 2 is 2.00 bits per heavy atom. The summed E-state index contributed by atoms with van der Waals surface area (Å²) in [6, 6.07) is 12.2. The molecule has 1 N–H and O–H groups in total. The summed E-state index contributed by atoms with van der Waals surface area (Å²) < 4.78 is 13.6. The van der Waals surface area contributed by atoms with Crippen LogP contribution in [0.5, 0.6) is 0 Å². The summed E-state index contributed by atoms with van der Waals surface area (Å²) in [5.74, 6) is -0.319. The molecule has 0 aromatic heterocycles. The highest BCUT2D eigenvalue weighted by Crippen LogP contribution is 2.18. The second-order valence-electron chi connectivity index (χ2n) is 4.88. The van der Waals surface area contributed by atoms with E-state index < -0.39 is 0 Å². The van der Waals surface area contributed by atoms with Crippen molar-refractivity contribution in [2.45, 2.75) is 6.54 Å². The van der Waals surface area contributed by atoms with Crippen molar-refractivity contribution in [3.05, 3.63) is 63.9 Å². The van der Waals surface area contributed by atoms with Crippen molar-refractivity contribution >= 4 is 27.5 Å². The van der Waals surface area contributed by atoms with Crippen LogP contribution in [0.1, 0.15) is 15.9 Å². The third-order valence-electron chi connectivity index (χ3n) is 3.00. The molecule has 2 aromatic carbocycles. The molecular weight excluding hydrogens is 335 g/mol. The van der Waals surface area contributed by atoms with Gasteiger partial charge in [0, 0.05) is 31.9 Å². The molecule has 0 aliphatic heterocycles. The van der Waals surface area contributed by atoms with E-state index >= 15 is 0 Å². The topological polar surface area (TPSA) is 32.3 Å². The maximum Gasteiger partial charge on any atom is 0.253 e. The van der Waals surface area contributed by atoms with Crippen molar-refractivity contribution in [1.82, 2.24) is 4.90 Å². The standard InChI is InChI=1S/C16H16BrFN2O/c1-20(2)16(21)12-4-3-5-13(9-12)19-10-11-6-7-15(18)14(17)8-11/h3-9,19H,10H2,1-2H3. The van der Waals surface area contributed by atoms with Gasteiger partial charge in [0.2, 0.25) is 0 Å². The highest BCUT2D eigenvalue weighted by molar-refractivity contribution is 9.10. The average molecular weight is 351 g/mol. The van der Waals surface area contributed by atoms with Gasteiger partial charge in [-0.1, -0.05) is 12.1 Å². The Morgan fingerprint density at radius 3 is 2.67 bits per heavy atom. The van der Waals surface area contributed by atoms with Crippen molar-refractivity contribution < 1.29 is 9.18 Å². The summed E-state index contributed by atoms with van der Waals surface area (Å²) in [4.78, 5) is 13.4. The van der Waals surface area contributed by atoms with E-state index in [1.807, 2.05) is 12.1 Å². The van der Waals surface area contributed by atoms with E-state index in [-0.39, 0.29) is 11.7 Å². The van der Waals surface area contributed by atoms with Crippen molar-refractivity contribution in [2.75, 3.05) is 19.4 Å². The zero-order chi connectivity index (χ0) is 15.4. The first kappa shape index (κ1) is 15.5. The summed E-state index contributed by atoms with van der Waals surface area (Å²) in [7, 11) is 3.44. The van der Waals surface area contributed by atoms with Gasteiger partial charge >= 0.3 is 0 Å². The van der Waals surface area contributed by atoms with E-state index in [1.165, 1.54) is 11.0 Å². The minimum Gasteiger partial charge on any atom is -0.381 e. The lowest BCUT2D eigenvalue weighted by Crippen LogP contribution is -2.21. The Balaban J connectivity index is 2.08. The second-order valence-corrected chi connectivity index (χ2v) is 5.74. The number of rotatable bonds is 4. The highest BCUT2D eigenvalue weighted by Gasteiger charge is 2.08. The number of nitrogens with zero attached hydrogens (tertiary/aromatic N) is 1. The first-order chi connectivity index (χ1) is 9.97. The van der Waals surface area contributed by atoms with Gasteiger partial charge in [-0.15, -0.1) is 0 Å². The van der Waals surface area contributed by atoms with Gasteiger partial charge in [-0.25, -0.2) is 4.39 Å². The van der Waals surface area contributed by atoms with E-state index in [9.17, 15) is 9.18 Å². The molecule has 0 spiro atoms. The molecule has 0 aliphatic carbocycles. The maximum atomic E-state index is 13.2. The molecule has 1 amide bonds. The van der Waals surface area contributed by atoms with Gasteiger partial charge in [0.15, 0.2) is 0 Å². The molecule has 0 saturated carbocycles. The number of carbonyl (C=O) groups excluding carboxylic acids is 1. The van der Waals surface area contributed by atoms with Gasteiger partial charge in [-0.3, -0.25) is 4.79 Å². The monoisotopic (exact) mass is 350 g/mol. The van der Waals surface area contributed by atoms with Crippen LogP contribution in [0.15, 0.2) is 46.9 Å². The largest absolute Gasteiger partial charge is 0.381 e. The molecule has 0 radical (unpaired) electrons. The number of hydrogen-bond acceptors (Lipinski definition) is 2. The minimum absolute atomic E-state index is 0.0387. The van der Waals surface area contributed by atoms with Crippen molar-refractivity contribution in [1.29, 1.82) is 0 Å². The third-order valence-corrected chi connectivity index (χ3v) is 3.60. The lowest BCUT2D eigenvalue weighted by atomic mass is 10.1. The average Bonchev–Trinajstić information content (AvgIpc) is 2.48. The number of benzene rings is 2. The van der Waals surface area contributed by atoms with E-state index in [0.717, 1.165) is 11.3 Å². The zero-order valence-corrected chi connectivity index (χ0v) is 13.4. The van der Waals surface area contributed by atoms with Crippen LogP contribution in [0.2, 0.25) is 0 Å². The Labute approximate surface area is 131 Å². The van der Waals surface area contributed by atoms with Gasteiger partial charge in [-0.2, -0.15) is 0 Å². The number of anilines is 1. The summed E-state index contributed by atoms with van der Waals surface area (Å²) in [5.41, 5.74) is 2.43. The SMILES string of the molecule is CN(C)C(=O)c1cccc(NCc2ccc(F)c(Br)c2)c1. The van der Waals surface area contributed by atoms with Crippen LogP contribution >= 0.6 is 15.9 Å². The first-order valence-corrected chi connectivity index (χ1v) is 7.26. The van der Waals surface area contributed by atoms with Crippen molar-refractivity contribution in [3.63, 3.8) is 0 Å². The van der Waals surface area contributed by atoms with Crippen LogP contribution in [0, 0.1) is 5.82 Å². The first-order valence-electron chi connectivity index (χ1n) is 6.47. The van der Waals surface area contributed by atoms with Gasteiger partial charge < -0.3 is 10.2 Å². The number of hydrogen-bond donors (Lipinski definition) is 1. The van der Waals surface area contributed by atoms with Crippen LogP contribution in [0.4, 0.5) is 10.1 Å². The molecule has 0 saturated heterocycles. The molecule has 2 rings (SSSR count). The number of halogens is 2. The Kier molecular flexibility index (Phi) is 4.96. The lowest BCUT2D eigenvalue weighted by Gasteiger charge is -2.12. The van der Waals surface area contributed by atoms with E-state index in [1.54, 1.807) is 38.4 Å². The number of nitrogens with one attached hydrogen (secondary N) is 1. The van der Waals surface area contributed by atoms with Crippen LogP contribution in [0.25, 0.3) is 0 Å². The molecule has 0 aliphatic rings. The summed E-state index contributed by atoms with van der Waals surface area (Å²) >= 11 is 3.17. The molecule has 3 nitrogen and oxygen atoms in total. The van der Waals surface area contributed by atoms with Gasteiger partial charge in [0.25, 0.3) is 5.91 Å². The van der Waals surface area contributed by atoms with Gasteiger partial charge in [0.1, 0.15) is 5.82 Å². The molecule has 5 heteroatoms. The van der Waals surface area contributed by atoms with Crippen LogP contribution in [-0.4, -0.2) is 24.9 Å². The summed E-state index contributed by atoms with van der Waals surface area (Å²) in [5, 5.41) is 3.23. The highest BCUT2D eigenvalue weighted by atomic mass is 79.9. The van der Waals surface area contributed by atoms with Crippen LogP contribution in [-0.2, 0) is 6.54 Å². The van der Waals surface area contributed by atoms with Crippen molar-refractivity contribution in [2.24, 2.45) is 0 Å². The van der Waals surface area contributed by atoms with Gasteiger partial charge in [-0.05, 0) is 51.8 Å². The molecule has 21 heavy (non-hydrogen) atoms. The van der Waals surface area contributed by atoms with Gasteiger partial charge in [0.05, 0.1) is 4.47 Å². The second kappa shape index (κ2) is 6.72. The quantitative estimate of drug-likeness (QED) is 0.906. The minimum atomic E-state index is -0.280. The molecule has 110 valence electrons. The number of carbonyl (C=O) groups is 1. The lowest BCUT2D eigenvalue weighted by molar-refractivity contribution is 0.0827.